The number of hydrazine groups is 1. The van der Waals surface area contributed by atoms with Crippen LogP contribution in [0.25, 0.3) is 0 Å². The molecule has 1 aliphatic rings. The maximum Gasteiger partial charge on any atom is 0.126 e. The van der Waals surface area contributed by atoms with E-state index in [0.717, 1.165) is 25.3 Å². The average molecular weight is 268 g/mol. The number of hydrogen-bond acceptors (Lipinski definition) is 2. The van der Waals surface area contributed by atoms with E-state index in [4.69, 9.17) is 5.84 Å². The molecule has 0 aliphatic heterocycles. The van der Waals surface area contributed by atoms with E-state index in [0.29, 0.717) is 5.56 Å². The maximum atomic E-state index is 13.4. The molecule has 0 aromatic heterocycles. The number of halogens is 2. The Hall–Kier alpha value is -1.00. The molecule has 1 fully saturated rings. The molecule has 1 saturated carbocycles. The molecule has 0 bridgehead atoms. The van der Waals surface area contributed by atoms with Crippen LogP contribution in [0.1, 0.15) is 51.1 Å². The molecular weight excluding hydrogens is 246 g/mol. The molecule has 3 N–H and O–H groups in total. The van der Waals surface area contributed by atoms with Crippen molar-refractivity contribution in [1.82, 2.24) is 5.43 Å². The van der Waals surface area contributed by atoms with Gasteiger partial charge in [-0.1, -0.05) is 26.7 Å². The number of nitrogens with two attached hydrogens (primary N) is 1. The minimum Gasteiger partial charge on any atom is -0.271 e. The van der Waals surface area contributed by atoms with E-state index in [9.17, 15) is 8.78 Å². The van der Waals surface area contributed by atoms with Crippen LogP contribution >= 0.6 is 0 Å². The van der Waals surface area contributed by atoms with Crippen LogP contribution in [0.3, 0.4) is 0 Å². The van der Waals surface area contributed by atoms with Gasteiger partial charge in [-0.3, -0.25) is 11.3 Å². The van der Waals surface area contributed by atoms with Crippen LogP contribution in [-0.2, 0) is 0 Å². The molecule has 1 aromatic rings. The monoisotopic (exact) mass is 268 g/mol. The molecule has 1 aromatic carbocycles. The van der Waals surface area contributed by atoms with Gasteiger partial charge in [0.15, 0.2) is 0 Å². The molecule has 2 rings (SSSR count). The van der Waals surface area contributed by atoms with E-state index >= 15 is 0 Å². The van der Waals surface area contributed by atoms with Crippen molar-refractivity contribution in [3.8, 4) is 0 Å². The van der Waals surface area contributed by atoms with Crippen LogP contribution in [0.15, 0.2) is 18.2 Å². The van der Waals surface area contributed by atoms with Gasteiger partial charge in [0.25, 0.3) is 0 Å². The van der Waals surface area contributed by atoms with E-state index in [-0.39, 0.29) is 17.4 Å². The smallest absolute Gasteiger partial charge is 0.126 e. The summed E-state index contributed by atoms with van der Waals surface area (Å²) < 4.78 is 26.8. The van der Waals surface area contributed by atoms with Crippen LogP contribution in [0, 0.1) is 23.0 Å². The van der Waals surface area contributed by atoms with Gasteiger partial charge in [-0.2, -0.15) is 0 Å². The van der Waals surface area contributed by atoms with E-state index in [1.54, 1.807) is 0 Å². The summed E-state index contributed by atoms with van der Waals surface area (Å²) in [7, 11) is 0. The Bertz CT molecular complexity index is 426. The Morgan fingerprint density at radius 2 is 1.84 bits per heavy atom. The Morgan fingerprint density at radius 3 is 2.37 bits per heavy atom. The molecule has 4 heteroatoms. The fraction of sp³-hybridized carbons (Fsp3) is 0.600. The Kier molecular flexibility index (Phi) is 4.21. The van der Waals surface area contributed by atoms with Crippen molar-refractivity contribution in [1.29, 1.82) is 0 Å². The first-order valence-corrected chi connectivity index (χ1v) is 6.86. The van der Waals surface area contributed by atoms with Crippen LogP contribution in [0.2, 0.25) is 0 Å². The standard InChI is InChI=1S/C15H22F2N2/c1-15(2)6-4-3-5-13(15)14(19-18)10-7-11(16)9-12(17)8-10/h7-9,13-14,19H,3-6,18H2,1-2H3. The summed E-state index contributed by atoms with van der Waals surface area (Å²) >= 11 is 0. The fourth-order valence-electron chi connectivity index (χ4n) is 3.34. The normalized spacial score (nSPS) is 24.2. The summed E-state index contributed by atoms with van der Waals surface area (Å²) in [6, 6.07) is 3.43. The maximum absolute atomic E-state index is 13.4. The van der Waals surface area contributed by atoms with Gasteiger partial charge in [0, 0.05) is 12.1 Å². The summed E-state index contributed by atoms with van der Waals surface area (Å²) in [5.74, 6) is 4.84. The van der Waals surface area contributed by atoms with Gasteiger partial charge in [0.1, 0.15) is 11.6 Å². The molecule has 0 amide bonds. The third-order valence-corrected chi connectivity index (χ3v) is 4.42. The van der Waals surface area contributed by atoms with E-state index in [1.165, 1.54) is 18.6 Å². The molecule has 106 valence electrons. The molecule has 2 unspecified atom stereocenters. The first-order valence-electron chi connectivity index (χ1n) is 6.86. The lowest BCUT2D eigenvalue weighted by molar-refractivity contribution is 0.0980. The molecule has 2 nitrogen and oxygen atoms in total. The van der Waals surface area contributed by atoms with Crippen molar-refractivity contribution in [2.24, 2.45) is 17.2 Å². The van der Waals surface area contributed by atoms with Crippen LogP contribution < -0.4 is 11.3 Å². The predicted molar refractivity (Wildman–Crippen MR) is 72.2 cm³/mol. The fourth-order valence-corrected chi connectivity index (χ4v) is 3.34. The molecule has 0 heterocycles. The first kappa shape index (κ1) is 14.4. The SMILES string of the molecule is CC1(C)CCCCC1C(NN)c1cc(F)cc(F)c1. The highest BCUT2D eigenvalue weighted by Crippen LogP contribution is 2.46. The van der Waals surface area contributed by atoms with Crippen molar-refractivity contribution >= 4 is 0 Å². The highest BCUT2D eigenvalue weighted by atomic mass is 19.1. The van der Waals surface area contributed by atoms with Gasteiger partial charge in [0.2, 0.25) is 0 Å². The Morgan fingerprint density at radius 1 is 1.21 bits per heavy atom. The summed E-state index contributed by atoms with van der Waals surface area (Å²) in [4.78, 5) is 0. The van der Waals surface area contributed by atoms with Gasteiger partial charge in [-0.25, -0.2) is 8.78 Å². The number of benzene rings is 1. The topological polar surface area (TPSA) is 38.0 Å². The van der Waals surface area contributed by atoms with Gasteiger partial charge >= 0.3 is 0 Å². The van der Waals surface area contributed by atoms with Crippen molar-refractivity contribution in [2.45, 2.75) is 45.6 Å². The van der Waals surface area contributed by atoms with Crippen molar-refractivity contribution in [3.63, 3.8) is 0 Å². The number of hydrogen-bond donors (Lipinski definition) is 2. The molecule has 1 aliphatic carbocycles. The van der Waals surface area contributed by atoms with Gasteiger partial charge < -0.3 is 0 Å². The molecule has 0 saturated heterocycles. The van der Waals surface area contributed by atoms with Crippen molar-refractivity contribution < 1.29 is 8.78 Å². The van der Waals surface area contributed by atoms with E-state index < -0.39 is 11.6 Å². The lowest BCUT2D eigenvalue weighted by Gasteiger charge is -2.43. The predicted octanol–water partition coefficient (Wildman–Crippen LogP) is 3.69. The average Bonchev–Trinajstić information content (AvgIpc) is 2.30. The highest BCUT2D eigenvalue weighted by molar-refractivity contribution is 5.23. The highest BCUT2D eigenvalue weighted by Gasteiger charge is 2.38. The summed E-state index contributed by atoms with van der Waals surface area (Å²) in [6.45, 7) is 4.41. The third-order valence-electron chi connectivity index (χ3n) is 4.42. The van der Waals surface area contributed by atoms with Crippen LogP contribution in [-0.4, -0.2) is 0 Å². The lowest BCUT2D eigenvalue weighted by Crippen LogP contribution is -2.41. The second-order valence-electron chi connectivity index (χ2n) is 6.19. The zero-order valence-electron chi connectivity index (χ0n) is 11.5. The second-order valence-corrected chi connectivity index (χ2v) is 6.19. The van der Waals surface area contributed by atoms with Gasteiger partial charge in [-0.15, -0.1) is 0 Å². The molecule has 2 atom stereocenters. The van der Waals surface area contributed by atoms with E-state index in [2.05, 4.69) is 19.3 Å². The minimum absolute atomic E-state index is 0.123. The molecule has 0 spiro atoms. The zero-order chi connectivity index (χ0) is 14.0. The Balaban J connectivity index is 2.33. The molecular formula is C15H22F2N2. The minimum atomic E-state index is -0.552. The van der Waals surface area contributed by atoms with Gasteiger partial charge in [-0.05, 0) is 41.9 Å². The summed E-state index contributed by atoms with van der Waals surface area (Å²) in [6.07, 6.45) is 4.50. The third kappa shape index (κ3) is 3.12. The van der Waals surface area contributed by atoms with E-state index in [1.807, 2.05) is 0 Å². The lowest BCUT2D eigenvalue weighted by atomic mass is 9.65. The summed E-state index contributed by atoms with van der Waals surface area (Å²) in [5.41, 5.74) is 3.49. The second kappa shape index (κ2) is 5.55. The molecule has 0 radical (unpaired) electrons. The zero-order valence-corrected chi connectivity index (χ0v) is 11.5. The molecule has 19 heavy (non-hydrogen) atoms. The van der Waals surface area contributed by atoms with Gasteiger partial charge in [0.05, 0.1) is 0 Å². The first-order chi connectivity index (χ1) is 8.94. The van der Waals surface area contributed by atoms with Crippen molar-refractivity contribution in [2.75, 3.05) is 0 Å². The van der Waals surface area contributed by atoms with Crippen LogP contribution in [0.4, 0.5) is 8.78 Å². The quantitative estimate of drug-likeness (QED) is 0.648. The largest absolute Gasteiger partial charge is 0.271 e. The Labute approximate surface area is 113 Å². The number of rotatable bonds is 3. The van der Waals surface area contributed by atoms with Crippen molar-refractivity contribution in [3.05, 3.63) is 35.4 Å². The number of nitrogens with one attached hydrogen (secondary N) is 1. The van der Waals surface area contributed by atoms with Crippen LogP contribution in [0.5, 0.6) is 0 Å². The summed E-state index contributed by atoms with van der Waals surface area (Å²) in [5, 5.41) is 0.